The molecule has 1 aromatic rings. The van der Waals surface area contributed by atoms with E-state index in [2.05, 4.69) is 5.32 Å². The fraction of sp³-hybridized carbons (Fsp3) is 0.600. The molecule has 1 saturated heterocycles. The highest BCUT2D eigenvalue weighted by atomic mass is 16.6. The number of nitrogens with zero attached hydrogens (tertiary/aromatic N) is 1. The van der Waals surface area contributed by atoms with Crippen LogP contribution in [0.4, 0.5) is 4.79 Å². The summed E-state index contributed by atoms with van der Waals surface area (Å²) in [5.74, 6) is -0.226. The van der Waals surface area contributed by atoms with E-state index in [-0.39, 0.29) is 17.9 Å². The predicted molar refractivity (Wildman–Crippen MR) is 99.5 cm³/mol. The van der Waals surface area contributed by atoms with Gasteiger partial charge < -0.3 is 19.7 Å². The van der Waals surface area contributed by atoms with E-state index in [0.29, 0.717) is 26.2 Å². The van der Waals surface area contributed by atoms with Gasteiger partial charge in [0.25, 0.3) is 0 Å². The number of hydrogen-bond donors (Lipinski definition) is 1. The van der Waals surface area contributed by atoms with Gasteiger partial charge in [0.2, 0.25) is 5.91 Å². The van der Waals surface area contributed by atoms with Crippen LogP contribution in [0.3, 0.4) is 0 Å². The molecule has 0 spiro atoms. The van der Waals surface area contributed by atoms with Gasteiger partial charge in [-0.3, -0.25) is 4.79 Å². The Morgan fingerprint density at radius 2 is 1.92 bits per heavy atom. The second kappa shape index (κ2) is 9.03. The molecule has 1 heterocycles. The summed E-state index contributed by atoms with van der Waals surface area (Å²) >= 11 is 0. The number of piperidine rings is 1. The smallest absolute Gasteiger partial charge is 0.410 e. The van der Waals surface area contributed by atoms with Gasteiger partial charge in [-0.1, -0.05) is 24.3 Å². The van der Waals surface area contributed by atoms with Gasteiger partial charge in [0, 0.05) is 26.7 Å². The van der Waals surface area contributed by atoms with E-state index in [1.165, 1.54) is 0 Å². The first kappa shape index (κ1) is 20.2. The van der Waals surface area contributed by atoms with Crippen LogP contribution < -0.4 is 5.32 Å². The van der Waals surface area contributed by atoms with Crippen molar-refractivity contribution in [3.05, 3.63) is 35.4 Å². The molecular weight excluding hydrogens is 332 g/mol. The largest absolute Gasteiger partial charge is 0.444 e. The van der Waals surface area contributed by atoms with Gasteiger partial charge in [-0.05, 0) is 44.7 Å². The minimum absolute atomic E-state index is 0.0227. The summed E-state index contributed by atoms with van der Waals surface area (Å²) in [6.45, 7) is 7.54. The molecule has 0 bridgehead atoms. The molecule has 6 heteroatoms. The molecular formula is C20H30N2O4. The number of benzene rings is 1. The zero-order valence-electron chi connectivity index (χ0n) is 16.2. The molecule has 0 aliphatic carbocycles. The number of methoxy groups -OCH3 is 1. The van der Waals surface area contributed by atoms with Crippen molar-refractivity contribution in [2.24, 2.45) is 5.92 Å². The Bertz CT molecular complexity index is 624. The Morgan fingerprint density at radius 3 is 2.58 bits per heavy atom. The van der Waals surface area contributed by atoms with E-state index in [1.807, 2.05) is 45.0 Å². The SMILES string of the molecule is COCc1ccccc1CNC(=O)[C@H]1CCCN(C(=O)OC(C)(C)C)C1. The Balaban J connectivity index is 1.90. The minimum atomic E-state index is -0.530. The molecule has 0 unspecified atom stereocenters. The van der Waals surface area contributed by atoms with Crippen LogP contribution in [0.25, 0.3) is 0 Å². The van der Waals surface area contributed by atoms with Gasteiger partial charge in [-0.15, -0.1) is 0 Å². The first-order valence-electron chi connectivity index (χ1n) is 9.11. The molecule has 0 aromatic heterocycles. The number of amides is 2. The van der Waals surface area contributed by atoms with Gasteiger partial charge in [0.05, 0.1) is 12.5 Å². The zero-order valence-corrected chi connectivity index (χ0v) is 16.2. The Labute approximate surface area is 155 Å². The molecule has 1 atom stereocenters. The molecule has 1 aromatic carbocycles. The predicted octanol–water partition coefficient (Wildman–Crippen LogP) is 3.10. The molecule has 0 radical (unpaired) electrons. The van der Waals surface area contributed by atoms with Gasteiger partial charge >= 0.3 is 6.09 Å². The van der Waals surface area contributed by atoms with Crippen LogP contribution >= 0.6 is 0 Å². The Kier molecular flexibility index (Phi) is 7.03. The van der Waals surface area contributed by atoms with E-state index in [0.717, 1.165) is 24.0 Å². The van der Waals surface area contributed by atoms with Crippen LogP contribution in [-0.4, -0.2) is 42.7 Å². The lowest BCUT2D eigenvalue weighted by atomic mass is 9.97. The topological polar surface area (TPSA) is 67.9 Å². The van der Waals surface area contributed by atoms with Crippen molar-refractivity contribution in [2.45, 2.75) is 52.4 Å². The molecule has 2 rings (SSSR count). The minimum Gasteiger partial charge on any atom is -0.444 e. The average molecular weight is 362 g/mol. The maximum absolute atomic E-state index is 12.6. The number of hydrogen-bond acceptors (Lipinski definition) is 4. The average Bonchev–Trinajstić information content (AvgIpc) is 2.59. The Morgan fingerprint density at radius 1 is 1.23 bits per heavy atom. The molecule has 2 amide bonds. The Hall–Kier alpha value is -2.08. The summed E-state index contributed by atoms with van der Waals surface area (Å²) in [6, 6.07) is 7.89. The van der Waals surface area contributed by atoms with E-state index in [1.54, 1.807) is 12.0 Å². The molecule has 6 nitrogen and oxygen atoms in total. The van der Waals surface area contributed by atoms with Crippen molar-refractivity contribution in [2.75, 3.05) is 20.2 Å². The lowest BCUT2D eigenvalue weighted by Gasteiger charge is -2.33. The van der Waals surface area contributed by atoms with Crippen LogP contribution in [0.5, 0.6) is 0 Å². The van der Waals surface area contributed by atoms with Crippen LogP contribution in [0, 0.1) is 5.92 Å². The van der Waals surface area contributed by atoms with Crippen LogP contribution in [0.2, 0.25) is 0 Å². The first-order chi connectivity index (χ1) is 12.3. The highest BCUT2D eigenvalue weighted by molar-refractivity contribution is 5.80. The summed E-state index contributed by atoms with van der Waals surface area (Å²) in [6.07, 6.45) is 1.24. The molecule has 1 aliphatic heterocycles. The third-order valence-electron chi connectivity index (χ3n) is 4.32. The fourth-order valence-corrected chi connectivity index (χ4v) is 3.04. The summed E-state index contributed by atoms with van der Waals surface area (Å²) < 4.78 is 10.6. The molecule has 1 N–H and O–H groups in total. The lowest BCUT2D eigenvalue weighted by Crippen LogP contribution is -2.46. The standard InChI is InChI=1S/C20H30N2O4/c1-20(2,3)26-19(24)22-11-7-10-16(13-22)18(23)21-12-15-8-5-6-9-17(15)14-25-4/h5-6,8-9,16H,7,10-14H2,1-4H3,(H,21,23)/t16-/m0/s1. The van der Waals surface area contributed by atoms with Crippen LogP contribution in [0.15, 0.2) is 24.3 Å². The molecule has 1 aliphatic rings. The van der Waals surface area contributed by atoms with E-state index >= 15 is 0 Å². The number of carbonyl (C=O) groups excluding carboxylic acids is 2. The molecule has 0 saturated carbocycles. The van der Waals surface area contributed by atoms with Gasteiger partial charge in [0.1, 0.15) is 5.60 Å². The third-order valence-corrected chi connectivity index (χ3v) is 4.32. The summed E-state index contributed by atoms with van der Waals surface area (Å²) in [5, 5.41) is 3.00. The number of nitrogens with one attached hydrogen (secondary N) is 1. The van der Waals surface area contributed by atoms with E-state index in [9.17, 15) is 9.59 Å². The third kappa shape index (κ3) is 6.02. The molecule has 26 heavy (non-hydrogen) atoms. The van der Waals surface area contributed by atoms with Gasteiger partial charge in [-0.2, -0.15) is 0 Å². The van der Waals surface area contributed by atoms with Crippen LogP contribution in [-0.2, 0) is 27.4 Å². The zero-order chi connectivity index (χ0) is 19.2. The normalized spacial score (nSPS) is 17.7. The number of rotatable bonds is 5. The second-order valence-electron chi connectivity index (χ2n) is 7.69. The highest BCUT2D eigenvalue weighted by Crippen LogP contribution is 2.20. The van der Waals surface area contributed by atoms with Crippen molar-refractivity contribution in [3.63, 3.8) is 0 Å². The molecule has 144 valence electrons. The van der Waals surface area contributed by atoms with Gasteiger partial charge in [0.15, 0.2) is 0 Å². The summed E-state index contributed by atoms with van der Waals surface area (Å²) in [4.78, 5) is 26.4. The molecule has 1 fully saturated rings. The van der Waals surface area contributed by atoms with E-state index < -0.39 is 5.60 Å². The van der Waals surface area contributed by atoms with Gasteiger partial charge in [-0.25, -0.2) is 4.79 Å². The van der Waals surface area contributed by atoms with Crippen molar-refractivity contribution in [1.82, 2.24) is 10.2 Å². The van der Waals surface area contributed by atoms with Crippen molar-refractivity contribution < 1.29 is 19.1 Å². The monoisotopic (exact) mass is 362 g/mol. The summed E-state index contributed by atoms with van der Waals surface area (Å²) in [5.41, 5.74) is 1.58. The number of carbonyl (C=O) groups is 2. The number of likely N-dealkylation sites (tertiary alicyclic amines) is 1. The lowest BCUT2D eigenvalue weighted by molar-refractivity contribution is -0.126. The fourth-order valence-electron chi connectivity index (χ4n) is 3.04. The summed E-state index contributed by atoms with van der Waals surface area (Å²) in [7, 11) is 1.66. The maximum Gasteiger partial charge on any atom is 0.410 e. The maximum atomic E-state index is 12.6. The van der Waals surface area contributed by atoms with Crippen molar-refractivity contribution >= 4 is 12.0 Å². The number of ether oxygens (including phenoxy) is 2. The van der Waals surface area contributed by atoms with E-state index in [4.69, 9.17) is 9.47 Å². The highest BCUT2D eigenvalue weighted by Gasteiger charge is 2.30. The van der Waals surface area contributed by atoms with Crippen molar-refractivity contribution in [1.29, 1.82) is 0 Å². The first-order valence-corrected chi connectivity index (χ1v) is 9.11. The van der Waals surface area contributed by atoms with Crippen LogP contribution in [0.1, 0.15) is 44.7 Å². The van der Waals surface area contributed by atoms with Crippen molar-refractivity contribution in [3.8, 4) is 0 Å². The quantitative estimate of drug-likeness (QED) is 0.874. The second-order valence-corrected chi connectivity index (χ2v) is 7.69.